The Balaban J connectivity index is 2.12. The van der Waals surface area contributed by atoms with Gasteiger partial charge in [0.25, 0.3) is 0 Å². The monoisotopic (exact) mass is 310 g/mol. The van der Waals surface area contributed by atoms with E-state index in [9.17, 15) is 0 Å². The van der Waals surface area contributed by atoms with E-state index in [1.165, 1.54) is 4.88 Å². The Morgan fingerprint density at radius 1 is 1.60 bits per heavy atom. The van der Waals surface area contributed by atoms with Crippen molar-refractivity contribution in [3.05, 3.63) is 20.3 Å². The largest absolute Gasteiger partial charge is 0.376 e. The normalized spacial score (nSPS) is 24.1. The first kappa shape index (κ1) is 11.9. The lowest BCUT2D eigenvalue weighted by Gasteiger charge is -2.26. The molecule has 0 saturated carbocycles. The molecule has 1 aromatic heterocycles. The molecule has 5 heteroatoms. The number of aryl methyl sites for hydroxylation is 1. The van der Waals surface area contributed by atoms with Crippen LogP contribution in [0, 0.1) is 6.92 Å². The Morgan fingerprint density at radius 2 is 2.40 bits per heavy atom. The SMILES string of the molecule is Cc1cc(Br)c(C(Cl)C2COCCO2)s1. The molecule has 0 spiro atoms. The number of thiophene rings is 1. The molecule has 0 radical (unpaired) electrons. The number of ether oxygens (including phenoxy) is 2. The summed E-state index contributed by atoms with van der Waals surface area (Å²) in [5.41, 5.74) is 0. The second-order valence-electron chi connectivity index (χ2n) is 3.46. The molecule has 0 aliphatic carbocycles. The van der Waals surface area contributed by atoms with Gasteiger partial charge in [-0.25, -0.2) is 0 Å². The first-order chi connectivity index (χ1) is 7.18. The van der Waals surface area contributed by atoms with Crippen LogP contribution in [0.15, 0.2) is 10.5 Å². The van der Waals surface area contributed by atoms with Crippen molar-refractivity contribution in [3.63, 3.8) is 0 Å². The molecule has 2 rings (SSSR count). The summed E-state index contributed by atoms with van der Waals surface area (Å²) in [4.78, 5) is 2.38. The smallest absolute Gasteiger partial charge is 0.102 e. The van der Waals surface area contributed by atoms with Crippen molar-refractivity contribution in [2.24, 2.45) is 0 Å². The van der Waals surface area contributed by atoms with E-state index < -0.39 is 0 Å². The van der Waals surface area contributed by atoms with Gasteiger partial charge < -0.3 is 9.47 Å². The topological polar surface area (TPSA) is 18.5 Å². The molecule has 0 bridgehead atoms. The quantitative estimate of drug-likeness (QED) is 0.778. The van der Waals surface area contributed by atoms with Crippen LogP contribution < -0.4 is 0 Å². The molecule has 2 unspecified atom stereocenters. The lowest BCUT2D eigenvalue weighted by Crippen LogP contribution is -2.31. The molecule has 84 valence electrons. The van der Waals surface area contributed by atoms with Crippen LogP contribution >= 0.6 is 38.9 Å². The van der Waals surface area contributed by atoms with Gasteiger partial charge in [0.15, 0.2) is 0 Å². The minimum absolute atomic E-state index is 0.0326. The molecule has 2 nitrogen and oxygen atoms in total. The van der Waals surface area contributed by atoms with Gasteiger partial charge in [-0.05, 0) is 28.9 Å². The van der Waals surface area contributed by atoms with E-state index in [4.69, 9.17) is 21.1 Å². The Kier molecular flexibility index (Phi) is 4.07. The highest BCUT2D eigenvalue weighted by Crippen LogP contribution is 2.38. The van der Waals surface area contributed by atoms with E-state index in [1.807, 2.05) is 0 Å². The van der Waals surface area contributed by atoms with Crippen LogP contribution in [0.3, 0.4) is 0 Å². The molecule has 1 aliphatic heterocycles. The highest BCUT2D eigenvalue weighted by Gasteiger charge is 2.27. The zero-order chi connectivity index (χ0) is 10.8. The van der Waals surface area contributed by atoms with Crippen LogP contribution in [0.2, 0.25) is 0 Å². The number of halogens is 2. The third-order valence-corrected chi connectivity index (χ3v) is 4.94. The predicted octanol–water partition coefficient (Wildman–Crippen LogP) is 3.51. The average molecular weight is 312 g/mol. The molecule has 0 N–H and O–H groups in total. The van der Waals surface area contributed by atoms with E-state index in [-0.39, 0.29) is 11.5 Å². The van der Waals surface area contributed by atoms with Gasteiger partial charge in [-0.3, -0.25) is 0 Å². The van der Waals surface area contributed by atoms with Crippen molar-refractivity contribution >= 4 is 38.9 Å². The zero-order valence-electron chi connectivity index (χ0n) is 8.33. The second kappa shape index (κ2) is 5.15. The minimum atomic E-state index is -0.127. The molecule has 0 aromatic carbocycles. The van der Waals surface area contributed by atoms with Crippen molar-refractivity contribution in [1.29, 1.82) is 0 Å². The maximum atomic E-state index is 6.38. The van der Waals surface area contributed by atoms with Crippen LogP contribution in [0.25, 0.3) is 0 Å². The van der Waals surface area contributed by atoms with E-state index >= 15 is 0 Å². The van der Waals surface area contributed by atoms with E-state index in [0.29, 0.717) is 19.8 Å². The lowest BCUT2D eigenvalue weighted by atomic mass is 10.2. The average Bonchev–Trinajstić information content (AvgIpc) is 2.58. The fraction of sp³-hybridized carbons (Fsp3) is 0.600. The molecule has 2 heterocycles. The molecule has 2 atom stereocenters. The molecular formula is C10H12BrClO2S. The van der Waals surface area contributed by atoms with Crippen LogP contribution in [-0.2, 0) is 9.47 Å². The molecule has 1 aliphatic rings. The van der Waals surface area contributed by atoms with E-state index in [1.54, 1.807) is 11.3 Å². The molecule has 1 aromatic rings. The summed E-state index contributed by atoms with van der Waals surface area (Å²) in [6.45, 7) is 3.96. The summed E-state index contributed by atoms with van der Waals surface area (Å²) in [7, 11) is 0. The Bertz CT molecular complexity index is 336. The van der Waals surface area contributed by atoms with Gasteiger partial charge in [-0.1, -0.05) is 0 Å². The van der Waals surface area contributed by atoms with Gasteiger partial charge in [0, 0.05) is 14.2 Å². The van der Waals surface area contributed by atoms with Crippen LogP contribution in [-0.4, -0.2) is 25.9 Å². The number of rotatable bonds is 2. The number of alkyl halides is 1. The maximum absolute atomic E-state index is 6.38. The summed E-state index contributed by atoms with van der Waals surface area (Å²) < 4.78 is 12.0. The molecular weight excluding hydrogens is 300 g/mol. The minimum Gasteiger partial charge on any atom is -0.376 e. The van der Waals surface area contributed by atoms with Crippen molar-refractivity contribution in [2.45, 2.75) is 18.4 Å². The van der Waals surface area contributed by atoms with Crippen LogP contribution in [0.4, 0.5) is 0 Å². The van der Waals surface area contributed by atoms with Crippen LogP contribution in [0.1, 0.15) is 15.1 Å². The molecule has 0 amide bonds. The standard InChI is InChI=1S/C10H12BrClO2S/c1-6-4-7(11)10(15-6)9(12)8-5-13-2-3-14-8/h4,8-9H,2-3,5H2,1H3. The summed E-state index contributed by atoms with van der Waals surface area (Å²) in [5.74, 6) is 0. The van der Waals surface area contributed by atoms with Crippen molar-refractivity contribution in [3.8, 4) is 0 Å². The zero-order valence-corrected chi connectivity index (χ0v) is 11.5. The van der Waals surface area contributed by atoms with Crippen molar-refractivity contribution < 1.29 is 9.47 Å². The molecule has 1 saturated heterocycles. The Hall–Kier alpha value is 0.390. The summed E-state index contributed by atoms with van der Waals surface area (Å²) in [6, 6.07) is 2.08. The first-order valence-corrected chi connectivity index (χ1v) is 6.82. The Morgan fingerprint density at radius 3 is 2.93 bits per heavy atom. The third kappa shape index (κ3) is 2.74. The molecule has 15 heavy (non-hydrogen) atoms. The van der Waals surface area contributed by atoms with Crippen LogP contribution in [0.5, 0.6) is 0 Å². The molecule has 1 fully saturated rings. The number of hydrogen-bond donors (Lipinski definition) is 0. The van der Waals surface area contributed by atoms with E-state index in [2.05, 4.69) is 28.9 Å². The van der Waals surface area contributed by atoms with Crippen molar-refractivity contribution in [2.75, 3.05) is 19.8 Å². The van der Waals surface area contributed by atoms with Gasteiger partial charge in [0.1, 0.15) is 6.10 Å². The summed E-state index contributed by atoms with van der Waals surface area (Å²) in [5, 5.41) is -0.127. The maximum Gasteiger partial charge on any atom is 0.102 e. The van der Waals surface area contributed by atoms with Gasteiger partial charge >= 0.3 is 0 Å². The summed E-state index contributed by atoms with van der Waals surface area (Å²) >= 11 is 11.6. The third-order valence-electron chi connectivity index (χ3n) is 2.25. The Labute approximate surface area is 107 Å². The summed E-state index contributed by atoms with van der Waals surface area (Å²) in [6.07, 6.45) is -0.0326. The lowest BCUT2D eigenvalue weighted by molar-refractivity contribution is -0.0890. The fourth-order valence-electron chi connectivity index (χ4n) is 1.53. The highest BCUT2D eigenvalue weighted by molar-refractivity contribution is 9.10. The predicted molar refractivity (Wildman–Crippen MR) is 65.9 cm³/mol. The van der Waals surface area contributed by atoms with Gasteiger partial charge in [-0.15, -0.1) is 22.9 Å². The van der Waals surface area contributed by atoms with E-state index in [0.717, 1.165) is 9.35 Å². The van der Waals surface area contributed by atoms with Gasteiger partial charge in [0.2, 0.25) is 0 Å². The second-order valence-corrected chi connectivity index (χ2v) is 6.07. The highest BCUT2D eigenvalue weighted by atomic mass is 79.9. The fourth-order valence-corrected chi connectivity index (χ4v) is 3.99. The first-order valence-electron chi connectivity index (χ1n) is 4.77. The van der Waals surface area contributed by atoms with Gasteiger partial charge in [0.05, 0.1) is 25.2 Å². The van der Waals surface area contributed by atoms with Crippen molar-refractivity contribution in [1.82, 2.24) is 0 Å². The van der Waals surface area contributed by atoms with Gasteiger partial charge in [-0.2, -0.15) is 0 Å². The number of hydrogen-bond acceptors (Lipinski definition) is 3.